The van der Waals surface area contributed by atoms with Gasteiger partial charge >= 0.3 is 11.9 Å². The van der Waals surface area contributed by atoms with Gasteiger partial charge in [0.2, 0.25) is 5.78 Å². The molecule has 0 saturated heterocycles. The number of ketones is 1. The maximum absolute atomic E-state index is 12.5. The summed E-state index contributed by atoms with van der Waals surface area (Å²) in [5.74, 6) is -1.32. The first-order valence-corrected chi connectivity index (χ1v) is 9.19. The number of ether oxygens (including phenoxy) is 2. The smallest absolute Gasteiger partial charge is 0.337 e. The van der Waals surface area contributed by atoms with Gasteiger partial charge in [0.05, 0.1) is 12.7 Å². The van der Waals surface area contributed by atoms with E-state index in [1.54, 1.807) is 36.5 Å². The van der Waals surface area contributed by atoms with Crippen molar-refractivity contribution in [3.63, 3.8) is 0 Å². The number of carbonyl (C=O) groups is 3. The van der Waals surface area contributed by atoms with Crippen LogP contribution in [-0.4, -0.2) is 36.4 Å². The molecule has 3 aromatic rings. The van der Waals surface area contributed by atoms with Crippen LogP contribution < -0.4 is 0 Å². The molecule has 6 heteroatoms. The summed E-state index contributed by atoms with van der Waals surface area (Å²) in [6, 6.07) is 12.3. The first-order chi connectivity index (χ1) is 14.0. The predicted molar refractivity (Wildman–Crippen MR) is 110 cm³/mol. The molecule has 0 bridgehead atoms. The Morgan fingerprint density at radius 1 is 1.07 bits per heavy atom. The van der Waals surface area contributed by atoms with Gasteiger partial charge in [-0.2, -0.15) is 0 Å². The van der Waals surface area contributed by atoms with Gasteiger partial charge < -0.3 is 14.5 Å². The van der Waals surface area contributed by atoms with Crippen LogP contribution in [0.3, 0.4) is 0 Å². The van der Waals surface area contributed by atoms with Gasteiger partial charge in [-0.1, -0.05) is 37.3 Å². The van der Waals surface area contributed by atoms with E-state index in [1.165, 1.54) is 13.2 Å². The molecule has 148 valence electrons. The Labute approximate surface area is 168 Å². The van der Waals surface area contributed by atoms with E-state index in [4.69, 9.17) is 4.74 Å². The van der Waals surface area contributed by atoms with E-state index in [0.717, 1.165) is 22.9 Å². The van der Waals surface area contributed by atoms with Crippen molar-refractivity contribution in [2.24, 2.45) is 0 Å². The van der Waals surface area contributed by atoms with Crippen molar-refractivity contribution >= 4 is 34.7 Å². The van der Waals surface area contributed by atoms with Gasteiger partial charge in [0.1, 0.15) is 0 Å². The third-order valence-electron chi connectivity index (χ3n) is 4.57. The zero-order valence-electron chi connectivity index (χ0n) is 16.2. The van der Waals surface area contributed by atoms with Crippen molar-refractivity contribution < 1.29 is 23.9 Å². The molecule has 0 fully saturated rings. The van der Waals surface area contributed by atoms with Crippen LogP contribution in [0.2, 0.25) is 0 Å². The third-order valence-corrected chi connectivity index (χ3v) is 4.57. The molecule has 0 aliphatic heterocycles. The van der Waals surface area contributed by atoms with Crippen molar-refractivity contribution in [3.8, 4) is 0 Å². The number of para-hydroxylation sites is 1. The topological polar surface area (TPSA) is 85.5 Å². The van der Waals surface area contributed by atoms with E-state index in [9.17, 15) is 14.4 Å². The fourth-order valence-electron chi connectivity index (χ4n) is 3.02. The van der Waals surface area contributed by atoms with E-state index < -0.39 is 11.9 Å². The van der Waals surface area contributed by atoms with Crippen LogP contribution in [-0.2, 0) is 20.7 Å². The Morgan fingerprint density at radius 2 is 1.83 bits per heavy atom. The summed E-state index contributed by atoms with van der Waals surface area (Å²) in [6.45, 7) is 1.71. The van der Waals surface area contributed by atoms with Crippen LogP contribution in [0.5, 0.6) is 0 Å². The monoisotopic (exact) mass is 391 g/mol. The lowest BCUT2D eigenvalue weighted by Crippen LogP contribution is -2.12. The Kier molecular flexibility index (Phi) is 6.24. The Bertz CT molecular complexity index is 1080. The normalized spacial score (nSPS) is 11.0. The first-order valence-electron chi connectivity index (χ1n) is 9.19. The highest BCUT2D eigenvalue weighted by molar-refractivity contribution is 6.09. The first kappa shape index (κ1) is 20.1. The van der Waals surface area contributed by atoms with Crippen molar-refractivity contribution in [1.29, 1.82) is 0 Å². The highest BCUT2D eigenvalue weighted by Crippen LogP contribution is 2.22. The van der Waals surface area contributed by atoms with Crippen LogP contribution in [0.1, 0.15) is 38.8 Å². The van der Waals surface area contributed by atoms with E-state index in [1.807, 2.05) is 25.1 Å². The van der Waals surface area contributed by atoms with Gasteiger partial charge in [-0.05, 0) is 35.8 Å². The minimum atomic E-state index is -0.621. The van der Waals surface area contributed by atoms with Crippen LogP contribution in [0.25, 0.3) is 17.0 Å². The fourth-order valence-corrected chi connectivity index (χ4v) is 3.02. The molecule has 1 aromatic heterocycles. The van der Waals surface area contributed by atoms with Crippen LogP contribution in [0, 0.1) is 0 Å². The molecule has 0 aliphatic carbocycles. The van der Waals surface area contributed by atoms with Crippen molar-refractivity contribution in [1.82, 2.24) is 4.98 Å². The minimum absolute atomic E-state index is 0.270. The quantitative estimate of drug-likeness (QED) is 0.374. The number of fused-ring (bicyclic) bond motifs is 1. The summed E-state index contributed by atoms with van der Waals surface area (Å²) < 4.78 is 9.70. The molecule has 0 saturated carbocycles. The van der Waals surface area contributed by atoms with Gasteiger partial charge in [0.25, 0.3) is 0 Å². The number of H-pyrrole nitrogens is 1. The number of aryl methyl sites for hydroxylation is 1. The number of carbonyl (C=O) groups excluding carboxylic acids is 3. The lowest BCUT2D eigenvalue weighted by atomic mass is 10.1. The molecule has 0 spiro atoms. The van der Waals surface area contributed by atoms with Crippen LogP contribution >= 0.6 is 0 Å². The number of Topliss-reactive ketones (excluding diaryl/α,β-unsaturated/α-hetero) is 1. The fraction of sp³-hybridized carbons (Fsp3) is 0.174. The molecular weight excluding hydrogens is 370 g/mol. The summed E-state index contributed by atoms with van der Waals surface area (Å²) >= 11 is 0. The molecule has 0 radical (unpaired) electrons. The van der Waals surface area contributed by atoms with Gasteiger partial charge in [-0.3, -0.25) is 4.79 Å². The van der Waals surface area contributed by atoms with Gasteiger partial charge in [0, 0.05) is 28.7 Å². The molecule has 6 nitrogen and oxygen atoms in total. The Balaban J connectivity index is 1.60. The van der Waals surface area contributed by atoms with Crippen molar-refractivity contribution in [2.75, 3.05) is 13.7 Å². The number of rotatable bonds is 7. The van der Waals surface area contributed by atoms with Gasteiger partial charge in [0.15, 0.2) is 6.61 Å². The number of nitrogens with one attached hydrogen (secondary N) is 1. The number of aromatic nitrogens is 1. The summed E-state index contributed by atoms with van der Waals surface area (Å²) in [5.41, 5.74) is 3.69. The highest BCUT2D eigenvalue weighted by atomic mass is 16.5. The van der Waals surface area contributed by atoms with Crippen LogP contribution in [0.4, 0.5) is 0 Å². The maximum Gasteiger partial charge on any atom is 0.337 e. The van der Waals surface area contributed by atoms with Crippen molar-refractivity contribution in [2.45, 2.75) is 13.3 Å². The number of hydrogen-bond donors (Lipinski definition) is 1. The van der Waals surface area contributed by atoms with E-state index in [-0.39, 0.29) is 12.4 Å². The lowest BCUT2D eigenvalue weighted by Gasteiger charge is -2.02. The standard InChI is InChI=1S/C23H21NO5/c1-3-16-5-4-6-18-19(13-24-22(16)18)20(25)14-29-21(26)12-9-15-7-10-17(11-8-15)23(27)28-2/h4-13,24H,3,14H2,1-2H3/b12-9+. The predicted octanol–water partition coefficient (Wildman–Crippen LogP) is 3.96. The zero-order chi connectivity index (χ0) is 20.8. The second-order valence-electron chi connectivity index (χ2n) is 6.37. The number of esters is 2. The summed E-state index contributed by atoms with van der Waals surface area (Å²) in [7, 11) is 1.31. The third kappa shape index (κ3) is 4.60. The molecule has 1 heterocycles. The van der Waals surface area contributed by atoms with E-state index in [2.05, 4.69) is 9.72 Å². The summed E-state index contributed by atoms with van der Waals surface area (Å²) in [5, 5.41) is 0.826. The number of hydrogen-bond acceptors (Lipinski definition) is 5. The van der Waals surface area contributed by atoms with Gasteiger partial charge in [-0.15, -0.1) is 0 Å². The molecule has 0 aliphatic rings. The highest BCUT2D eigenvalue weighted by Gasteiger charge is 2.15. The Morgan fingerprint density at radius 3 is 2.52 bits per heavy atom. The summed E-state index contributed by atoms with van der Waals surface area (Å²) in [4.78, 5) is 38.9. The largest absolute Gasteiger partial charge is 0.465 e. The number of methoxy groups -OCH3 is 1. The minimum Gasteiger partial charge on any atom is -0.465 e. The molecule has 0 atom stereocenters. The number of aromatic amines is 1. The second kappa shape index (κ2) is 9.01. The second-order valence-corrected chi connectivity index (χ2v) is 6.37. The number of benzene rings is 2. The van der Waals surface area contributed by atoms with E-state index >= 15 is 0 Å². The molecule has 3 rings (SSSR count). The molecule has 29 heavy (non-hydrogen) atoms. The molecule has 1 N–H and O–H groups in total. The molecule has 0 amide bonds. The van der Waals surface area contributed by atoms with Crippen molar-refractivity contribution in [3.05, 3.63) is 77.0 Å². The zero-order valence-corrected chi connectivity index (χ0v) is 16.2. The SMILES string of the molecule is CCc1cccc2c(C(=O)COC(=O)/C=C/c3ccc(C(=O)OC)cc3)c[nH]c12. The summed E-state index contributed by atoms with van der Waals surface area (Å²) in [6.07, 6.45) is 5.29. The molecular formula is C23H21NO5. The van der Waals surface area contributed by atoms with E-state index in [0.29, 0.717) is 16.7 Å². The average molecular weight is 391 g/mol. The maximum atomic E-state index is 12.5. The Hall–Kier alpha value is -3.67. The average Bonchev–Trinajstić information content (AvgIpc) is 3.20. The lowest BCUT2D eigenvalue weighted by molar-refractivity contribution is -0.136. The molecule has 0 unspecified atom stereocenters. The van der Waals surface area contributed by atoms with Gasteiger partial charge in [-0.25, -0.2) is 9.59 Å². The van der Waals surface area contributed by atoms with Crippen LogP contribution in [0.15, 0.2) is 54.7 Å². The molecule has 2 aromatic carbocycles.